The van der Waals surface area contributed by atoms with Crippen molar-refractivity contribution in [3.8, 4) is 0 Å². The summed E-state index contributed by atoms with van der Waals surface area (Å²) < 4.78 is 15.4. The summed E-state index contributed by atoms with van der Waals surface area (Å²) in [4.78, 5) is 63.1. The summed E-state index contributed by atoms with van der Waals surface area (Å²) in [5.74, 6) is -2.90. The van der Waals surface area contributed by atoms with Crippen LogP contribution in [0.25, 0.3) is 0 Å². The van der Waals surface area contributed by atoms with Crippen molar-refractivity contribution >= 4 is 29.5 Å². The Hall–Kier alpha value is -3.37. The molecule has 1 fully saturated rings. The van der Waals surface area contributed by atoms with Gasteiger partial charge in [-0.15, -0.1) is 0 Å². The molecule has 2 amide bonds. The highest BCUT2D eigenvalue weighted by atomic mass is 16.6. The Kier molecular flexibility index (Phi) is 11.2. The Morgan fingerprint density at radius 1 is 1.09 bits per heavy atom. The molecule has 1 saturated heterocycles. The second-order valence-electron chi connectivity index (χ2n) is 7.99. The maximum atomic E-state index is 13.3. The zero-order valence-corrected chi connectivity index (χ0v) is 19.9. The molecule has 0 unspecified atom stereocenters. The topological polar surface area (TPSA) is 137 Å². The Morgan fingerprint density at radius 3 is 2.40 bits per heavy atom. The fraction of sp³-hybridized carbons (Fsp3) is 0.480. The molecular formula is C25H31NO9. The van der Waals surface area contributed by atoms with Crippen molar-refractivity contribution < 1.29 is 43.3 Å². The van der Waals surface area contributed by atoms with Crippen LogP contribution in [0.2, 0.25) is 0 Å². The largest absolute Gasteiger partial charge is 0.451 e. The zero-order valence-electron chi connectivity index (χ0n) is 19.9. The van der Waals surface area contributed by atoms with Gasteiger partial charge in [-0.2, -0.15) is 0 Å². The minimum atomic E-state index is -1.71. The van der Waals surface area contributed by atoms with Crippen molar-refractivity contribution in [2.24, 2.45) is 0 Å². The van der Waals surface area contributed by atoms with Gasteiger partial charge in [0, 0.05) is 27.1 Å². The molecule has 10 nitrogen and oxygen atoms in total. The van der Waals surface area contributed by atoms with Crippen LogP contribution in [-0.2, 0) is 33.4 Å². The van der Waals surface area contributed by atoms with Gasteiger partial charge in [0.15, 0.2) is 23.8 Å². The van der Waals surface area contributed by atoms with Crippen molar-refractivity contribution in [1.29, 1.82) is 0 Å². The van der Waals surface area contributed by atoms with E-state index in [0.717, 1.165) is 43.9 Å². The zero-order chi connectivity index (χ0) is 25.8. The molecule has 3 atom stereocenters. The molecule has 0 spiro atoms. The lowest BCUT2D eigenvalue weighted by atomic mass is 10.0. The second kappa shape index (κ2) is 14.1. The first-order valence-corrected chi connectivity index (χ1v) is 11.4. The van der Waals surface area contributed by atoms with E-state index in [0.29, 0.717) is 18.4 Å². The molecule has 35 heavy (non-hydrogen) atoms. The van der Waals surface area contributed by atoms with Crippen LogP contribution < -0.4 is 0 Å². The first-order valence-electron chi connectivity index (χ1n) is 11.4. The summed E-state index contributed by atoms with van der Waals surface area (Å²) in [6.45, 7) is 1.08. The smallest absolute Gasteiger partial charge is 0.417 e. The summed E-state index contributed by atoms with van der Waals surface area (Å²) in [7, 11) is 1.15. The number of cyclic esters (lactones) is 1. The average Bonchev–Trinajstić information content (AvgIpc) is 3.23. The molecule has 1 N–H and O–H groups in total. The lowest BCUT2D eigenvalue weighted by Gasteiger charge is -2.27. The number of amides is 2. The molecule has 0 aliphatic carbocycles. The highest BCUT2D eigenvalue weighted by Crippen LogP contribution is 2.29. The van der Waals surface area contributed by atoms with Gasteiger partial charge in [-0.25, -0.2) is 9.69 Å². The van der Waals surface area contributed by atoms with E-state index in [2.05, 4.69) is 0 Å². The molecule has 1 aromatic carbocycles. The van der Waals surface area contributed by atoms with Crippen molar-refractivity contribution in [1.82, 2.24) is 4.90 Å². The van der Waals surface area contributed by atoms with Gasteiger partial charge in [0.2, 0.25) is 0 Å². The van der Waals surface area contributed by atoms with Crippen LogP contribution in [0.15, 0.2) is 42.5 Å². The van der Waals surface area contributed by atoms with Gasteiger partial charge < -0.3 is 19.3 Å². The molecule has 2 rings (SSSR count). The standard InChI is InChI=1S/C25H31NO9/c1-17(28)35-22(21(30)14-13-19(29)12-8-3-4-9-15-27)23(33-2)24(31)26-20(16-34-25(26)32)18-10-6-5-7-11-18/h5-7,10-11,13-14,20,22-23,27H,3-4,8-9,12,15-16H2,1-2H3/t20-,22-,23+/m0/s1. The van der Waals surface area contributed by atoms with E-state index in [-0.39, 0.29) is 25.4 Å². The Bertz CT molecular complexity index is 928. The number of aliphatic hydroxyl groups is 1. The van der Waals surface area contributed by atoms with Crippen LogP contribution >= 0.6 is 0 Å². The molecule has 0 saturated carbocycles. The first-order chi connectivity index (χ1) is 16.8. The van der Waals surface area contributed by atoms with E-state index in [9.17, 15) is 24.0 Å². The minimum Gasteiger partial charge on any atom is -0.451 e. The van der Waals surface area contributed by atoms with E-state index in [1.54, 1.807) is 30.3 Å². The normalized spacial score (nSPS) is 17.2. The van der Waals surface area contributed by atoms with E-state index in [4.69, 9.17) is 19.3 Å². The number of ketones is 2. The molecule has 0 radical (unpaired) electrons. The van der Waals surface area contributed by atoms with Crippen LogP contribution in [0.3, 0.4) is 0 Å². The monoisotopic (exact) mass is 489 g/mol. The maximum absolute atomic E-state index is 13.3. The van der Waals surface area contributed by atoms with Crippen LogP contribution in [0.5, 0.6) is 0 Å². The van der Waals surface area contributed by atoms with E-state index in [1.165, 1.54) is 0 Å². The third kappa shape index (κ3) is 8.11. The highest BCUT2D eigenvalue weighted by molar-refractivity contribution is 6.05. The van der Waals surface area contributed by atoms with Crippen molar-refractivity contribution in [2.75, 3.05) is 20.3 Å². The number of nitrogens with zero attached hydrogens (tertiary/aromatic N) is 1. The van der Waals surface area contributed by atoms with Crippen molar-refractivity contribution in [3.05, 3.63) is 48.0 Å². The van der Waals surface area contributed by atoms with Gasteiger partial charge in [0.1, 0.15) is 12.6 Å². The highest BCUT2D eigenvalue weighted by Gasteiger charge is 2.46. The first kappa shape index (κ1) is 27.9. The number of esters is 1. The van der Waals surface area contributed by atoms with Crippen LogP contribution in [0, 0.1) is 0 Å². The number of aliphatic hydroxyl groups excluding tert-OH is 1. The number of carbonyl (C=O) groups is 5. The number of rotatable bonds is 14. The maximum Gasteiger partial charge on any atom is 0.417 e. The summed E-state index contributed by atoms with van der Waals surface area (Å²) in [5, 5.41) is 8.78. The number of allylic oxidation sites excluding steroid dienone is 1. The third-order valence-corrected chi connectivity index (χ3v) is 5.41. The van der Waals surface area contributed by atoms with Gasteiger partial charge in [0.25, 0.3) is 5.91 Å². The molecule has 1 aliphatic heterocycles. The Labute approximate surface area is 203 Å². The number of imide groups is 1. The molecule has 0 aromatic heterocycles. The van der Waals surface area contributed by atoms with Crippen molar-refractivity contribution in [3.63, 3.8) is 0 Å². The Morgan fingerprint density at radius 2 is 1.77 bits per heavy atom. The lowest BCUT2D eigenvalue weighted by molar-refractivity contribution is -0.166. The summed E-state index contributed by atoms with van der Waals surface area (Å²) in [6.07, 6.45) is 0.783. The SMILES string of the molecule is CO[C@@H](C(=O)N1C(=O)OC[C@H]1c1ccccc1)[C@@H](OC(C)=O)C(=O)C=CC(=O)CCCCCCO. The van der Waals surface area contributed by atoms with Crippen LogP contribution in [-0.4, -0.2) is 72.1 Å². The molecule has 1 aromatic rings. The lowest BCUT2D eigenvalue weighted by Crippen LogP contribution is -2.51. The average molecular weight is 490 g/mol. The van der Waals surface area contributed by atoms with Crippen LogP contribution in [0.4, 0.5) is 4.79 Å². The van der Waals surface area contributed by atoms with Gasteiger partial charge in [0.05, 0.1) is 0 Å². The summed E-state index contributed by atoms with van der Waals surface area (Å²) in [6, 6.07) is 7.97. The van der Waals surface area contributed by atoms with Crippen molar-refractivity contribution in [2.45, 2.75) is 57.3 Å². The van der Waals surface area contributed by atoms with E-state index >= 15 is 0 Å². The minimum absolute atomic E-state index is 0.0795. The fourth-order valence-corrected chi connectivity index (χ4v) is 3.64. The van der Waals surface area contributed by atoms with Gasteiger partial charge in [-0.05, 0) is 30.6 Å². The predicted molar refractivity (Wildman–Crippen MR) is 123 cm³/mol. The number of carbonyl (C=O) groups excluding carboxylic acids is 5. The predicted octanol–water partition coefficient (Wildman–Crippen LogP) is 2.29. The molecular weight excluding hydrogens is 458 g/mol. The number of ether oxygens (including phenoxy) is 3. The Balaban J connectivity index is 2.16. The van der Waals surface area contributed by atoms with E-state index < -0.39 is 42.0 Å². The quantitative estimate of drug-likeness (QED) is 0.237. The second-order valence-corrected chi connectivity index (χ2v) is 7.99. The number of unbranched alkanes of at least 4 members (excludes halogenated alkanes) is 3. The molecule has 1 aliphatic rings. The molecule has 1 heterocycles. The van der Waals surface area contributed by atoms with Gasteiger partial charge in [-0.3, -0.25) is 19.2 Å². The number of hydrogen-bond acceptors (Lipinski definition) is 9. The number of methoxy groups -OCH3 is 1. The summed E-state index contributed by atoms with van der Waals surface area (Å²) in [5.41, 5.74) is 0.640. The van der Waals surface area contributed by atoms with E-state index in [1.807, 2.05) is 0 Å². The molecule has 190 valence electrons. The number of benzene rings is 1. The fourth-order valence-electron chi connectivity index (χ4n) is 3.64. The van der Waals surface area contributed by atoms with Crippen LogP contribution in [0.1, 0.15) is 50.6 Å². The van der Waals surface area contributed by atoms with Gasteiger partial charge in [-0.1, -0.05) is 43.2 Å². The molecule has 0 bridgehead atoms. The van der Waals surface area contributed by atoms with Gasteiger partial charge >= 0.3 is 12.1 Å². The molecule has 10 heteroatoms. The summed E-state index contributed by atoms with van der Waals surface area (Å²) >= 11 is 0. The third-order valence-electron chi connectivity index (χ3n) is 5.41. The number of hydrogen-bond donors (Lipinski definition) is 1.